The van der Waals surface area contributed by atoms with E-state index in [4.69, 9.17) is 0 Å². The number of nitrogens with zero attached hydrogens (tertiary/aromatic N) is 1. The molecule has 0 unspecified atom stereocenters. The van der Waals surface area contributed by atoms with Crippen LogP contribution in [-0.2, 0) is 0 Å². The fourth-order valence-corrected chi connectivity index (χ4v) is 3.04. The van der Waals surface area contributed by atoms with Gasteiger partial charge in [0.2, 0.25) is 0 Å². The van der Waals surface area contributed by atoms with Gasteiger partial charge in [0.15, 0.2) is 5.13 Å². The maximum absolute atomic E-state index is 13.0. The zero-order chi connectivity index (χ0) is 12.1. The molecule has 0 radical (unpaired) electrons. The van der Waals surface area contributed by atoms with Crippen LogP contribution in [0.2, 0.25) is 0 Å². The van der Waals surface area contributed by atoms with Crippen LogP contribution in [0.3, 0.4) is 0 Å². The zero-order valence-corrected chi connectivity index (χ0v) is 11.3. The van der Waals surface area contributed by atoms with Crippen molar-refractivity contribution < 1.29 is 4.39 Å². The summed E-state index contributed by atoms with van der Waals surface area (Å²) in [6.45, 7) is 3.09. The minimum Gasteiger partial charge on any atom is -0.361 e. The first-order chi connectivity index (χ1) is 8.29. The van der Waals surface area contributed by atoms with Crippen molar-refractivity contribution in [1.82, 2.24) is 4.98 Å². The molecule has 1 heterocycles. The van der Waals surface area contributed by atoms with E-state index in [2.05, 4.69) is 17.2 Å². The Kier molecular flexibility index (Phi) is 4.62. The first-order valence-electron chi connectivity index (χ1n) is 5.67. The Labute approximate surface area is 109 Å². The lowest BCUT2D eigenvalue weighted by atomic mass is 10.3. The molecule has 0 bridgehead atoms. The fraction of sp³-hybridized carbons (Fsp3) is 0.417. The lowest BCUT2D eigenvalue weighted by Crippen LogP contribution is -2.01. The average Bonchev–Trinajstić information content (AvgIpc) is 2.70. The van der Waals surface area contributed by atoms with Gasteiger partial charge < -0.3 is 5.32 Å². The van der Waals surface area contributed by atoms with E-state index >= 15 is 0 Å². The molecule has 0 amide bonds. The van der Waals surface area contributed by atoms with Gasteiger partial charge in [-0.3, -0.25) is 0 Å². The number of nitrogens with one attached hydrogen (secondary N) is 1. The monoisotopic (exact) mass is 270 g/mol. The molecule has 0 saturated carbocycles. The maximum Gasteiger partial charge on any atom is 0.183 e. The van der Waals surface area contributed by atoms with E-state index in [9.17, 15) is 4.39 Å². The van der Waals surface area contributed by atoms with Gasteiger partial charge in [-0.25, -0.2) is 9.37 Å². The first-order valence-corrected chi connectivity index (χ1v) is 7.64. The van der Waals surface area contributed by atoms with Gasteiger partial charge in [0.25, 0.3) is 0 Å². The normalized spacial score (nSPS) is 10.9. The average molecular weight is 270 g/mol. The molecule has 0 aliphatic carbocycles. The quantitative estimate of drug-likeness (QED) is 0.803. The number of anilines is 1. The first kappa shape index (κ1) is 12.6. The van der Waals surface area contributed by atoms with Crippen molar-refractivity contribution in [3.63, 3.8) is 0 Å². The Morgan fingerprint density at radius 2 is 2.35 bits per heavy atom. The number of thiazole rings is 1. The van der Waals surface area contributed by atoms with Crippen molar-refractivity contribution in [2.45, 2.75) is 13.3 Å². The summed E-state index contributed by atoms with van der Waals surface area (Å²) in [5.41, 5.74) is 0.863. The predicted octanol–water partition coefficient (Wildman–Crippen LogP) is 3.99. The highest BCUT2D eigenvalue weighted by atomic mass is 32.2. The molecule has 5 heteroatoms. The number of fused-ring (bicyclic) bond motifs is 1. The smallest absolute Gasteiger partial charge is 0.183 e. The van der Waals surface area contributed by atoms with Crippen LogP contribution < -0.4 is 5.32 Å². The lowest BCUT2D eigenvalue weighted by molar-refractivity contribution is 0.630. The molecule has 1 aromatic carbocycles. The Balaban J connectivity index is 1.91. The van der Waals surface area contributed by atoms with E-state index in [-0.39, 0.29) is 5.82 Å². The van der Waals surface area contributed by atoms with Crippen molar-refractivity contribution in [3.8, 4) is 0 Å². The Hall–Kier alpha value is -0.810. The van der Waals surface area contributed by atoms with Crippen LogP contribution in [0.1, 0.15) is 13.3 Å². The molecule has 0 spiro atoms. The molecule has 92 valence electrons. The third-order valence-corrected chi connectivity index (χ3v) is 4.26. The highest BCUT2D eigenvalue weighted by Crippen LogP contribution is 2.26. The predicted molar refractivity (Wildman–Crippen MR) is 75.7 cm³/mol. The van der Waals surface area contributed by atoms with Crippen LogP contribution in [-0.4, -0.2) is 23.0 Å². The highest BCUT2D eigenvalue weighted by Gasteiger charge is 2.03. The molecule has 2 rings (SSSR count). The molecule has 1 aromatic heterocycles. The second-order valence-corrected chi connectivity index (χ2v) is 6.03. The van der Waals surface area contributed by atoms with Crippen LogP contribution in [0.15, 0.2) is 18.2 Å². The second-order valence-electron chi connectivity index (χ2n) is 3.61. The number of benzene rings is 1. The summed E-state index contributed by atoms with van der Waals surface area (Å²) in [6.07, 6.45) is 1.13. The van der Waals surface area contributed by atoms with E-state index < -0.39 is 0 Å². The van der Waals surface area contributed by atoms with Crippen molar-refractivity contribution in [2.24, 2.45) is 0 Å². The van der Waals surface area contributed by atoms with E-state index in [0.29, 0.717) is 0 Å². The number of hydrogen-bond acceptors (Lipinski definition) is 4. The highest BCUT2D eigenvalue weighted by molar-refractivity contribution is 7.99. The van der Waals surface area contributed by atoms with Crippen LogP contribution in [0.4, 0.5) is 9.52 Å². The minimum absolute atomic E-state index is 0.202. The van der Waals surface area contributed by atoms with Gasteiger partial charge in [-0.05, 0) is 36.1 Å². The SMILES string of the molecule is CCSCCCNc1nc2ccc(F)cc2s1. The van der Waals surface area contributed by atoms with Gasteiger partial charge in [-0.15, -0.1) is 0 Å². The lowest BCUT2D eigenvalue weighted by Gasteiger charge is -2.00. The largest absolute Gasteiger partial charge is 0.361 e. The summed E-state index contributed by atoms with van der Waals surface area (Å²) in [4.78, 5) is 4.41. The molecule has 1 N–H and O–H groups in total. The zero-order valence-electron chi connectivity index (χ0n) is 9.70. The number of rotatable bonds is 6. The summed E-state index contributed by atoms with van der Waals surface area (Å²) < 4.78 is 13.9. The molecule has 2 nitrogen and oxygen atoms in total. The summed E-state index contributed by atoms with van der Waals surface area (Å²) >= 11 is 3.45. The molecule has 0 atom stereocenters. The minimum atomic E-state index is -0.202. The van der Waals surface area contributed by atoms with Crippen LogP contribution >= 0.6 is 23.1 Å². The van der Waals surface area contributed by atoms with Gasteiger partial charge >= 0.3 is 0 Å². The van der Waals surface area contributed by atoms with Crippen LogP contribution in [0, 0.1) is 5.82 Å². The molecular weight excluding hydrogens is 255 g/mol. The Bertz CT molecular complexity index is 484. The van der Waals surface area contributed by atoms with E-state index in [1.54, 1.807) is 6.07 Å². The molecular formula is C12H15FN2S2. The van der Waals surface area contributed by atoms with Gasteiger partial charge in [-0.1, -0.05) is 18.3 Å². The topological polar surface area (TPSA) is 24.9 Å². The van der Waals surface area contributed by atoms with Gasteiger partial charge in [0.1, 0.15) is 5.82 Å². The fourth-order valence-electron chi connectivity index (χ4n) is 1.49. The third-order valence-electron chi connectivity index (χ3n) is 2.30. The van der Waals surface area contributed by atoms with Crippen molar-refractivity contribution in [3.05, 3.63) is 24.0 Å². The molecule has 0 aliphatic heterocycles. The van der Waals surface area contributed by atoms with E-state index in [1.807, 2.05) is 11.8 Å². The van der Waals surface area contributed by atoms with Gasteiger partial charge in [0.05, 0.1) is 10.2 Å². The van der Waals surface area contributed by atoms with Crippen LogP contribution in [0.5, 0.6) is 0 Å². The molecule has 0 saturated heterocycles. The summed E-state index contributed by atoms with van der Waals surface area (Å²) in [5.74, 6) is 2.13. The Morgan fingerprint density at radius 3 is 3.18 bits per heavy atom. The number of thioether (sulfide) groups is 1. The molecule has 0 fully saturated rings. The summed E-state index contributed by atoms with van der Waals surface area (Å²) in [7, 11) is 0. The number of halogens is 1. The van der Waals surface area contributed by atoms with Crippen molar-refractivity contribution >= 4 is 38.4 Å². The molecule has 17 heavy (non-hydrogen) atoms. The van der Waals surface area contributed by atoms with Gasteiger partial charge in [0, 0.05) is 6.54 Å². The number of hydrogen-bond donors (Lipinski definition) is 1. The Morgan fingerprint density at radius 1 is 1.47 bits per heavy atom. The van der Waals surface area contributed by atoms with Crippen molar-refractivity contribution in [1.29, 1.82) is 0 Å². The molecule has 2 aromatic rings. The van der Waals surface area contributed by atoms with Crippen molar-refractivity contribution in [2.75, 3.05) is 23.4 Å². The number of aromatic nitrogens is 1. The maximum atomic E-state index is 13.0. The van der Waals surface area contributed by atoms with Crippen LogP contribution in [0.25, 0.3) is 10.2 Å². The van der Waals surface area contributed by atoms with E-state index in [0.717, 1.165) is 28.3 Å². The summed E-state index contributed by atoms with van der Waals surface area (Å²) in [5, 5.41) is 4.17. The standard InChI is InChI=1S/C12H15FN2S2/c1-2-16-7-3-6-14-12-15-10-5-4-9(13)8-11(10)17-12/h4-5,8H,2-3,6-7H2,1H3,(H,14,15). The second kappa shape index (κ2) is 6.21. The van der Waals surface area contributed by atoms with E-state index in [1.165, 1.54) is 35.0 Å². The van der Waals surface area contributed by atoms with Gasteiger partial charge in [-0.2, -0.15) is 11.8 Å². The summed E-state index contributed by atoms with van der Waals surface area (Å²) in [6, 6.07) is 4.70. The molecule has 0 aliphatic rings. The third kappa shape index (κ3) is 3.57.